The van der Waals surface area contributed by atoms with Crippen molar-refractivity contribution in [3.63, 3.8) is 0 Å². The maximum Gasteiger partial charge on any atom is 0.277 e. The van der Waals surface area contributed by atoms with E-state index in [-0.39, 0.29) is 40.6 Å². The van der Waals surface area contributed by atoms with Gasteiger partial charge in [0.25, 0.3) is 14.2 Å². The third-order valence-electron chi connectivity index (χ3n) is 7.69. The summed E-state index contributed by atoms with van der Waals surface area (Å²) < 4.78 is 14.6. The van der Waals surface area contributed by atoms with Crippen LogP contribution in [0, 0.1) is 0 Å². The van der Waals surface area contributed by atoms with Crippen molar-refractivity contribution < 1.29 is 14.0 Å². The van der Waals surface area contributed by atoms with Crippen LogP contribution in [0.1, 0.15) is 43.2 Å². The first-order chi connectivity index (χ1) is 19.7. The summed E-state index contributed by atoms with van der Waals surface area (Å²) in [6.45, 7) is 7.38. The van der Waals surface area contributed by atoms with Crippen molar-refractivity contribution in [1.29, 1.82) is 0 Å². The topological polar surface area (TPSA) is 72.8 Å². The number of hydrogen-bond donors (Lipinski definition) is 1. The van der Waals surface area contributed by atoms with Crippen molar-refractivity contribution in [2.45, 2.75) is 45.0 Å². The van der Waals surface area contributed by atoms with Crippen molar-refractivity contribution in [3.05, 3.63) is 125 Å². The number of benzene rings is 3. The number of pyridine rings is 1. The highest BCUT2D eigenvalue weighted by molar-refractivity contribution is 6.99. The minimum Gasteiger partial charge on any atom is -0.482 e. The van der Waals surface area contributed by atoms with Crippen LogP contribution in [0.3, 0.4) is 0 Å². The van der Waals surface area contributed by atoms with Crippen LogP contribution >= 0.6 is 0 Å². The summed E-state index contributed by atoms with van der Waals surface area (Å²) in [6.07, 6.45) is 1.81. The minimum absolute atomic E-state index is 0.0442. The second-order valence-corrected chi connectivity index (χ2v) is 15.7. The molecule has 0 aliphatic carbocycles. The van der Waals surface area contributed by atoms with Crippen molar-refractivity contribution in [2.24, 2.45) is 0 Å². The van der Waals surface area contributed by atoms with E-state index < -0.39 is 8.32 Å². The quantitative estimate of drug-likeness (QED) is 0.305. The lowest BCUT2D eigenvalue weighted by atomic mass is 10.2. The molecule has 0 spiro atoms. The van der Waals surface area contributed by atoms with E-state index in [1.807, 2.05) is 42.5 Å². The lowest BCUT2D eigenvalue weighted by Crippen LogP contribution is -2.66. The van der Waals surface area contributed by atoms with Crippen LogP contribution < -0.4 is 26.0 Å². The van der Waals surface area contributed by atoms with Crippen LogP contribution in [0.4, 0.5) is 0 Å². The Morgan fingerprint density at radius 1 is 0.829 bits per heavy atom. The number of hydrogen-bond acceptors (Lipinski definition) is 5. The number of carbonyl (C=O) groups excluding carboxylic acids is 1. The number of nitrogens with zero attached hydrogens (tertiary/aromatic N) is 2. The molecule has 0 fully saturated rings. The molecule has 1 amide bonds. The van der Waals surface area contributed by atoms with E-state index in [2.05, 4.69) is 74.7 Å². The number of aromatic nitrogens is 1. The molecule has 1 N–H and O–H groups in total. The van der Waals surface area contributed by atoms with Gasteiger partial charge >= 0.3 is 0 Å². The average molecular weight is 568 g/mol. The highest BCUT2D eigenvalue weighted by atomic mass is 28.4. The summed E-state index contributed by atoms with van der Waals surface area (Å²) in [7, 11) is -0.962. The fourth-order valence-corrected chi connectivity index (χ4v) is 10.2. The van der Waals surface area contributed by atoms with Gasteiger partial charge in [-0.15, -0.1) is 0 Å². The largest absolute Gasteiger partial charge is 0.482 e. The molecular weight excluding hydrogens is 530 g/mol. The second kappa shape index (κ2) is 11.8. The molecular formula is C33H37N3O4Si. The Labute approximate surface area is 242 Å². The molecule has 0 saturated carbocycles. The molecule has 1 unspecified atom stereocenters. The van der Waals surface area contributed by atoms with Gasteiger partial charge in [0.05, 0.1) is 0 Å². The van der Waals surface area contributed by atoms with E-state index in [0.29, 0.717) is 13.0 Å². The Morgan fingerprint density at radius 3 is 1.95 bits per heavy atom. The minimum atomic E-state index is -2.70. The molecule has 41 heavy (non-hydrogen) atoms. The Hall–Kier alpha value is -4.14. The summed E-state index contributed by atoms with van der Waals surface area (Å²) >= 11 is 0. The number of fused-ring (bicyclic) bond motifs is 1. The lowest BCUT2D eigenvalue weighted by molar-refractivity contribution is 0.0664. The third-order valence-corrected chi connectivity index (χ3v) is 12.7. The van der Waals surface area contributed by atoms with Crippen molar-refractivity contribution in [3.8, 4) is 5.75 Å². The van der Waals surface area contributed by atoms with Crippen LogP contribution in [0.15, 0.2) is 108 Å². The average Bonchev–Trinajstić information content (AvgIpc) is 2.98. The van der Waals surface area contributed by atoms with Crippen LogP contribution in [-0.4, -0.2) is 43.6 Å². The van der Waals surface area contributed by atoms with Gasteiger partial charge in [-0.2, -0.15) is 0 Å². The number of amides is 1. The van der Waals surface area contributed by atoms with Crippen LogP contribution in [0.25, 0.3) is 0 Å². The number of ether oxygens (including phenoxy) is 1. The number of nitrogens with one attached hydrogen (secondary N) is 1. The van der Waals surface area contributed by atoms with Gasteiger partial charge in [0, 0.05) is 32.3 Å². The molecule has 3 aromatic carbocycles. The van der Waals surface area contributed by atoms with E-state index in [1.54, 1.807) is 22.8 Å². The molecule has 1 aromatic heterocycles. The van der Waals surface area contributed by atoms with E-state index in [9.17, 15) is 9.59 Å². The van der Waals surface area contributed by atoms with Gasteiger partial charge in [0.2, 0.25) is 5.43 Å². The molecule has 0 saturated heterocycles. The second-order valence-electron chi connectivity index (χ2n) is 11.4. The first kappa shape index (κ1) is 28.4. The molecule has 1 aliphatic heterocycles. The first-order valence-corrected chi connectivity index (χ1v) is 15.8. The molecule has 1 atom stereocenters. The molecule has 2 heterocycles. The van der Waals surface area contributed by atoms with Gasteiger partial charge in [-0.05, 0) is 21.0 Å². The summed E-state index contributed by atoms with van der Waals surface area (Å²) in [5, 5.41) is 2.28. The first-order valence-electron chi connectivity index (χ1n) is 13.9. The molecule has 0 bridgehead atoms. The Balaban J connectivity index is 1.39. The van der Waals surface area contributed by atoms with Crippen molar-refractivity contribution >= 4 is 24.6 Å². The van der Waals surface area contributed by atoms with Gasteiger partial charge < -0.3 is 19.5 Å². The zero-order valence-corrected chi connectivity index (χ0v) is 25.0. The Bertz CT molecular complexity index is 1500. The summed E-state index contributed by atoms with van der Waals surface area (Å²) in [5.74, 6) is -0.234. The Morgan fingerprint density at radius 2 is 1.39 bits per heavy atom. The molecule has 8 heteroatoms. The standard InChI is InChI=1S/C33H37N3O4Si/c1-33(2,3)41(26-16-10-6-11-17-26,27-18-12-7-13-19-27)40-23-21-29-34-36-22-20-28(37)31(30(36)32(38)35(29)4)39-24-25-14-8-5-9-15-25/h5-20,22,29,34H,21,23-24H2,1-4H3. The maximum absolute atomic E-state index is 13.6. The summed E-state index contributed by atoms with van der Waals surface area (Å²) in [6, 6.07) is 32.0. The Kier molecular flexibility index (Phi) is 8.14. The molecule has 1 aliphatic rings. The SMILES string of the molecule is CN1C(=O)c2c(OCc3ccccc3)c(=O)ccn2NC1CCO[Si](c1ccccc1)(c1ccccc1)C(C)(C)C. The summed E-state index contributed by atoms with van der Waals surface area (Å²) in [5.41, 5.74) is 4.17. The summed E-state index contributed by atoms with van der Waals surface area (Å²) in [4.78, 5) is 28.0. The normalized spacial score (nSPS) is 15.3. The van der Waals surface area contributed by atoms with E-state index in [4.69, 9.17) is 9.16 Å². The van der Waals surface area contributed by atoms with E-state index >= 15 is 0 Å². The van der Waals surface area contributed by atoms with Gasteiger partial charge in [0.15, 0.2) is 11.4 Å². The fraction of sp³-hybridized carbons (Fsp3) is 0.273. The molecule has 5 rings (SSSR count). The van der Waals surface area contributed by atoms with E-state index in [0.717, 1.165) is 5.56 Å². The maximum atomic E-state index is 13.6. The van der Waals surface area contributed by atoms with Gasteiger partial charge in [0.1, 0.15) is 12.8 Å². The van der Waals surface area contributed by atoms with Gasteiger partial charge in [-0.1, -0.05) is 112 Å². The molecule has 212 valence electrons. The zero-order chi connectivity index (χ0) is 29.0. The lowest BCUT2D eigenvalue weighted by Gasteiger charge is -2.44. The van der Waals surface area contributed by atoms with Gasteiger partial charge in [-0.25, -0.2) is 0 Å². The molecule has 4 aromatic rings. The molecule has 0 radical (unpaired) electrons. The highest BCUT2D eigenvalue weighted by Gasteiger charge is 2.50. The predicted octanol–water partition coefficient (Wildman–Crippen LogP) is 4.35. The zero-order valence-electron chi connectivity index (χ0n) is 24.0. The van der Waals surface area contributed by atoms with Gasteiger partial charge in [-0.3, -0.25) is 14.3 Å². The highest BCUT2D eigenvalue weighted by Crippen LogP contribution is 2.37. The van der Waals surface area contributed by atoms with E-state index in [1.165, 1.54) is 16.4 Å². The van der Waals surface area contributed by atoms with Crippen molar-refractivity contribution in [2.75, 3.05) is 19.1 Å². The molecule has 7 nitrogen and oxygen atoms in total. The predicted molar refractivity (Wildman–Crippen MR) is 165 cm³/mol. The number of rotatable bonds is 9. The van der Waals surface area contributed by atoms with Crippen LogP contribution in [0.2, 0.25) is 5.04 Å². The van der Waals surface area contributed by atoms with Crippen LogP contribution in [0.5, 0.6) is 5.75 Å². The third kappa shape index (κ3) is 5.58. The van der Waals surface area contributed by atoms with Crippen molar-refractivity contribution in [1.82, 2.24) is 9.58 Å². The van der Waals surface area contributed by atoms with Crippen LogP contribution in [-0.2, 0) is 11.0 Å². The number of carbonyl (C=O) groups is 1. The monoisotopic (exact) mass is 567 g/mol. The smallest absolute Gasteiger partial charge is 0.277 e. The fourth-order valence-electron chi connectivity index (χ4n) is 5.59.